The minimum atomic E-state index is -0.348. The van der Waals surface area contributed by atoms with Crippen molar-refractivity contribution in [1.29, 1.82) is 0 Å². The number of pyridine rings is 1. The number of aromatic amines is 1. The quantitative estimate of drug-likeness (QED) is 0.482. The Morgan fingerprint density at radius 3 is 2.96 bits per heavy atom. The van der Waals surface area contributed by atoms with Gasteiger partial charge < -0.3 is 10.1 Å². The first kappa shape index (κ1) is 16.9. The smallest absolute Gasteiger partial charge is 0.136 e. The highest BCUT2D eigenvalue weighted by molar-refractivity contribution is 5.95. The third kappa shape index (κ3) is 3.01. The summed E-state index contributed by atoms with van der Waals surface area (Å²) in [5.41, 5.74) is 4.76. The number of aromatic nitrogens is 3. The van der Waals surface area contributed by atoms with Crippen LogP contribution < -0.4 is 10.1 Å². The average Bonchev–Trinajstić information content (AvgIpc) is 3.13. The molecule has 140 valence electrons. The van der Waals surface area contributed by atoms with Gasteiger partial charge in [0.2, 0.25) is 0 Å². The second-order valence-corrected chi connectivity index (χ2v) is 6.88. The molecule has 5 rings (SSSR count). The van der Waals surface area contributed by atoms with Gasteiger partial charge in [0, 0.05) is 17.5 Å². The summed E-state index contributed by atoms with van der Waals surface area (Å²) in [4.78, 5) is 4.46. The van der Waals surface area contributed by atoms with Crippen molar-refractivity contribution in [3.05, 3.63) is 66.1 Å². The van der Waals surface area contributed by atoms with Gasteiger partial charge in [-0.25, -0.2) is 4.39 Å². The van der Waals surface area contributed by atoms with E-state index in [0.29, 0.717) is 23.6 Å². The van der Waals surface area contributed by atoms with Crippen molar-refractivity contribution in [1.82, 2.24) is 20.5 Å². The molecule has 0 saturated heterocycles. The predicted molar refractivity (Wildman–Crippen MR) is 107 cm³/mol. The number of hydrogen-bond acceptors (Lipinski definition) is 4. The van der Waals surface area contributed by atoms with Crippen molar-refractivity contribution in [2.24, 2.45) is 0 Å². The standard InChI is InChI=1S/C22H19FN4O/c23-17-6-2-7-20-21(17)18-11-16-19(13-25-18)26-27-22(16)15-5-1-4-14(10-15)12-24-8-3-9-28-20/h1-2,4-7,10-11,13,24H,3,8-9,12H2,(H,26,27). The van der Waals surface area contributed by atoms with Crippen molar-refractivity contribution >= 4 is 10.9 Å². The molecule has 2 aromatic heterocycles. The molecule has 0 unspecified atom stereocenters. The van der Waals surface area contributed by atoms with Crippen LogP contribution in [0.25, 0.3) is 33.4 Å². The maximum atomic E-state index is 14.7. The fraction of sp³-hybridized carbons (Fsp3) is 0.182. The molecule has 1 aliphatic rings. The lowest BCUT2D eigenvalue weighted by Gasteiger charge is -2.12. The third-order valence-electron chi connectivity index (χ3n) is 4.96. The normalized spacial score (nSPS) is 14.2. The Labute approximate surface area is 161 Å². The molecule has 4 aromatic rings. The van der Waals surface area contributed by atoms with E-state index < -0.39 is 0 Å². The molecule has 0 fully saturated rings. The Balaban J connectivity index is 1.73. The van der Waals surface area contributed by atoms with E-state index in [2.05, 4.69) is 32.6 Å². The van der Waals surface area contributed by atoms with E-state index in [1.54, 1.807) is 18.3 Å². The van der Waals surface area contributed by atoms with Gasteiger partial charge in [0.1, 0.15) is 17.3 Å². The van der Waals surface area contributed by atoms with Crippen LogP contribution in [0.5, 0.6) is 5.75 Å². The highest BCUT2D eigenvalue weighted by Crippen LogP contribution is 2.35. The Morgan fingerprint density at radius 1 is 1.07 bits per heavy atom. The maximum absolute atomic E-state index is 14.7. The summed E-state index contributed by atoms with van der Waals surface area (Å²) < 4.78 is 20.6. The van der Waals surface area contributed by atoms with Crippen molar-refractivity contribution < 1.29 is 9.13 Å². The van der Waals surface area contributed by atoms with E-state index in [1.807, 2.05) is 18.2 Å². The van der Waals surface area contributed by atoms with Gasteiger partial charge in [-0.15, -0.1) is 0 Å². The van der Waals surface area contributed by atoms with Crippen molar-refractivity contribution in [2.45, 2.75) is 13.0 Å². The lowest BCUT2D eigenvalue weighted by atomic mass is 10.0. The summed E-state index contributed by atoms with van der Waals surface area (Å²) in [6, 6.07) is 15.1. The predicted octanol–water partition coefficient (Wildman–Crippen LogP) is 4.30. The Morgan fingerprint density at radius 2 is 2.00 bits per heavy atom. The van der Waals surface area contributed by atoms with Gasteiger partial charge in [-0.1, -0.05) is 24.3 Å². The Bertz CT molecular complexity index is 1150. The summed E-state index contributed by atoms with van der Waals surface area (Å²) in [7, 11) is 0. The van der Waals surface area contributed by atoms with Crippen LogP contribution in [0.3, 0.4) is 0 Å². The summed E-state index contributed by atoms with van der Waals surface area (Å²) in [5.74, 6) is 0.158. The Kier molecular flexibility index (Phi) is 4.25. The van der Waals surface area contributed by atoms with Crippen LogP contribution in [-0.2, 0) is 6.54 Å². The number of nitrogens with zero attached hydrogens (tertiary/aromatic N) is 2. The highest BCUT2D eigenvalue weighted by atomic mass is 19.1. The molecule has 28 heavy (non-hydrogen) atoms. The first-order chi connectivity index (χ1) is 13.8. The van der Waals surface area contributed by atoms with Crippen LogP contribution in [0.4, 0.5) is 4.39 Å². The largest absolute Gasteiger partial charge is 0.493 e. The van der Waals surface area contributed by atoms with Gasteiger partial charge in [0.15, 0.2) is 0 Å². The number of hydrogen-bond donors (Lipinski definition) is 2. The van der Waals surface area contributed by atoms with Crippen molar-refractivity contribution in [2.75, 3.05) is 13.2 Å². The number of halogens is 1. The number of benzene rings is 2. The third-order valence-corrected chi connectivity index (χ3v) is 4.96. The molecule has 3 heterocycles. The van der Waals surface area contributed by atoms with Gasteiger partial charge in [-0.3, -0.25) is 10.1 Å². The first-order valence-corrected chi connectivity index (χ1v) is 9.35. The van der Waals surface area contributed by atoms with Crippen molar-refractivity contribution in [3.63, 3.8) is 0 Å². The SMILES string of the molecule is Fc1cccc2c1-c1cc3c(n[nH]c3cn1)-c1cccc(c1)CNCCCO2. The van der Waals surface area contributed by atoms with Crippen LogP contribution in [0, 0.1) is 5.82 Å². The van der Waals surface area contributed by atoms with Gasteiger partial charge in [0.25, 0.3) is 0 Å². The molecular formula is C22H19FN4O. The van der Waals surface area contributed by atoms with E-state index in [-0.39, 0.29) is 5.82 Å². The average molecular weight is 374 g/mol. The van der Waals surface area contributed by atoms with Crippen LogP contribution in [-0.4, -0.2) is 28.3 Å². The zero-order valence-electron chi connectivity index (χ0n) is 15.2. The summed E-state index contributed by atoms with van der Waals surface area (Å²) in [5, 5.41) is 11.8. The monoisotopic (exact) mass is 374 g/mol. The molecule has 2 N–H and O–H groups in total. The van der Waals surface area contributed by atoms with Gasteiger partial charge in [0.05, 0.1) is 29.6 Å². The topological polar surface area (TPSA) is 62.8 Å². The molecule has 5 nitrogen and oxygen atoms in total. The molecule has 0 spiro atoms. The number of H-pyrrole nitrogens is 1. The minimum Gasteiger partial charge on any atom is -0.493 e. The molecule has 1 aliphatic heterocycles. The van der Waals surface area contributed by atoms with E-state index in [4.69, 9.17) is 4.74 Å². The zero-order chi connectivity index (χ0) is 18.9. The zero-order valence-corrected chi connectivity index (χ0v) is 15.2. The van der Waals surface area contributed by atoms with E-state index in [0.717, 1.165) is 41.7 Å². The molecule has 2 aromatic carbocycles. The molecule has 0 radical (unpaired) electrons. The lowest BCUT2D eigenvalue weighted by Crippen LogP contribution is -2.17. The van der Waals surface area contributed by atoms with Crippen LogP contribution in [0.2, 0.25) is 0 Å². The summed E-state index contributed by atoms with van der Waals surface area (Å²) in [6.45, 7) is 2.09. The number of nitrogens with one attached hydrogen (secondary N) is 2. The van der Waals surface area contributed by atoms with E-state index in [1.165, 1.54) is 11.6 Å². The molecule has 0 amide bonds. The highest BCUT2D eigenvalue weighted by Gasteiger charge is 2.17. The van der Waals surface area contributed by atoms with Crippen LogP contribution in [0.15, 0.2) is 54.7 Å². The molecule has 4 bridgehead atoms. The molecule has 0 aliphatic carbocycles. The van der Waals surface area contributed by atoms with Gasteiger partial charge in [-0.2, -0.15) is 5.10 Å². The van der Waals surface area contributed by atoms with Crippen molar-refractivity contribution in [3.8, 4) is 28.3 Å². The minimum absolute atomic E-state index is 0.348. The van der Waals surface area contributed by atoms with Crippen LogP contribution in [0.1, 0.15) is 12.0 Å². The molecule has 0 saturated carbocycles. The summed E-state index contributed by atoms with van der Waals surface area (Å²) in [6.07, 6.45) is 2.52. The number of ether oxygens (including phenoxy) is 1. The fourth-order valence-electron chi connectivity index (χ4n) is 3.59. The van der Waals surface area contributed by atoms with Gasteiger partial charge >= 0.3 is 0 Å². The first-order valence-electron chi connectivity index (χ1n) is 9.35. The summed E-state index contributed by atoms with van der Waals surface area (Å²) >= 11 is 0. The van der Waals surface area contributed by atoms with E-state index in [9.17, 15) is 4.39 Å². The molecule has 0 atom stereocenters. The van der Waals surface area contributed by atoms with Gasteiger partial charge in [-0.05, 0) is 42.8 Å². The Hall–Kier alpha value is -3.25. The number of fused-ring (bicyclic) bond motifs is 6. The van der Waals surface area contributed by atoms with Crippen LogP contribution >= 0.6 is 0 Å². The fourth-order valence-corrected chi connectivity index (χ4v) is 3.59. The second-order valence-electron chi connectivity index (χ2n) is 6.88. The molecular weight excluding hydrogens is 355 g/mol. The second kappa shape index (κ2) is 7.05. The lowest BCUT2D eigenvalue weighted by molar-refractivity contribution is 0.308. The maximum Gasteiger partial charge on any atom is 0.136 e. The van der Waals surface area contributed by atoms with E-state index >= 15 is 0 Å². The number of rotatable bonds is 0. The molecule has 6 heteroatoms.